The molecule has 0 radical (unpaired) electrons. The Morgan fingerprint density at radius 1 is 0.968 bits per heavy atom. The number of hydrogen-bond acceptors (Lipinski definition) is 5. The largest absolute Gasteiger partial charge is 0.378 e. The number of rotatable bonds is 5. The van der Waals surface area contributed by atoms with E-state index in [9.17, 15) is 14.4 Å². The Bertz CT molecular complexity index is 996. The zero-order valence-electron chi connectivity index (χ0n) is 17.2. The summed E-state index contributed by atoms with van der Waals surface area (Å²) < 4.78 is 5.27. The molecule has 8 nitrogen and oxygen atoms in total. The van der Waals surface area contributed by atoms with Gasteiger partial charge in [0.05, 0.1) is 30.2 Å². The molecule has 31 heavy (non-hydrogen) atoms. The molecule has 2 N–H and O–H groups in total. The smallest absolute Gasteiger partial charge is 0.329 e. The van der Waals surface area contributed by atoms with Crippen molar-refractivity contribution in [2.45, 2.75) is 6.92 Å². The molecule has 0 spiro atoms. The van der Waals surface area contributed by atoms with Gasteiger partial charge in [-0.1, -0.05) is 48.5 Å². The van der Waals surface area contributed by atoms with Crippen molar-refractivity contribution in [2.75, 3.05) is 31.6 Å². The maximum Gasteiger partial charge on any atom is 0.329 e. The summed E-state index contributed by atoms with van der Waals surface area (Å²) in [5.41, 5.74) is 4.32. The van der Waals surface area contributed by atoms with Crippen molar-refractivity contribution in [1.82, 2.24) is 10.3 Å². The zero-order valence-corrected chi connectivity index (χ0v) is 17.2. The second-order valence-corrected chi connectivity index (χ2v) is 6.84. The van der Waals surface area contributed by atoms with Gasteiger partial charge in [-0.25, -0.2) is 5.43 Å². The van der Waals surface area contributed by atoms with Crippen molar-refractivity contribution in [3.8, 4) is 0 Å². The minimum atomic E-state index is -0.930. The van der Waals surface area contributed by atoms with E-state index in [-0.39, 0.29) is 11.6 Å². The van der Waals surface area contributed by atoms with E-state index >= 15 is 0 Å². The van der Waals surface area contributed by atoms with Crippen molar-refractivity contribution < 1.29 is 19.1 Å². The minimum Gasteiger partial charge on any atom is -0.378 e. The van der Waals surface area contributed by atoms with Crippen molar-refractivity contribution in [2.24, 2.45) is 5.10 Å². The van der Waals surface area contributed by atoms with Crippen LogP contribution >= 0.6 is 0 Å². The normalized spacial score (nSPS) is 14.4. The lowest BCUT2D eigenvalue weighted by Gasteiger charge is -2.27. The number of hydrogen-bond donors (Lipinski definition) is 2. The average Bonchev–Trinajstić information content (AvgIpc) is 2.82. The summed E-state index contributed by atoms with van der Waals surface area (Å²) in [6.45, 7) is 3.60. The van der Waals surface area contributed by atoms with E-state index in [1.54, 1.807) is 42.2 Å². The lowest BCUT2D eigenvalue weighted by molar-refractivity contribution is -0.136. The number of nitrogens with one attached hydrogen (secondary N) is 2. The molecule has 8 heteroatoms. The standard InChI is InChI=1S/C23H24N4O4/c1-17(11-12-18-7-3-2-4-8-18)25-26-22(29)21(28)24-20-10-6-5-9-19(20)23(30)27-13-15-31-16-14-27/h2-12H,13-16H2,1H3,(H,24,28)(H,26,29)/b12-11+,25-17+. The highest BCUT2D eigenvalue weighted by molar-refractivity contribution is 6.40. The summed E-state index contributed by atoms with van der Waals surface area (Å²) in [5.74, 6) is -2.06. The van der Waals surface area contributed by atoms with Crippen LogP contribution in [0.15, 0.2) is 65.8 Å². The number of ether oxygens (including phenoxy) is 1. The fraction of sp³-hybridized carbons (Fsp3) is 0.217. The van der Waals surface area contributed by atoms with Crippen LogP contribution in [0.4, 0.5) is 5.69 Å². The number of nitrogens with zero attached hydrogens (tertiary/aromatic N) is 2. The molecule has 2 aromatic carbocycles. The van der Waals surface area contributed by atoms with Crippen LogP contribution in [0.5, 0.6) is 0 Å². The molecule has 1 aliphatic rings. The topological polar surface area (TPSA) is 100 Å². The van der Waals surface area contributed by atoms with Gasteiger partial charge in [-0.2, -0.15) is 5.10 Å². The lowest BCUT2D eigenvalue weighted by atomic mass is 10.1. The second kappa shape index (κ2) is 10.8. The van der Waals surface area contributed by atoms with E-state index in [0.717, 1.165) is 5.56 Å². The first kappa shape index (κ1) is 21.9. The van der Waals surface area contributed by atoms with Gasteiger partial charge in [0.25, 0.3) is 5.91 Å². The number of carbonyl (C=O) groups is 3. The van der Waals surface area contributed by atoms with Crippen LogP contribution in [0, 0.1) is 0 Å². The van der Waals surface area contributed by atoms with E-state index in [4.69, 9.17) is 4.74 Å². The molecule has 3 rings (SSSR count). The van der Waals surface area contributed by atoms with E-state index in [1.807, 2.05) is 36.4 Å². The maximum absolute atomic E-state index is 12.8. The SMILES string of the molecule is CC(/C=C/c1ccccc1)=N\NC(=O)C(=O)Nc1ccccc1C(=O)N1CCOCC1. The number of anilines is 1. The van der Waals surface area contributed by atoms with Crippen LogP contribution in [0.2, 0.25) is 0 Å². The highest BCUT2D eigenvalue weighted by Gasteiger charge is 2.22. The van der Waals surface area contributed by atoms with Gasteiger partial charge >= 0.3 is 11.8 Å². The molecule has 0 bridgehead atoms. The fourth-order valence-electron chi connectivity index (χ4n) is 2.90. The third-order valence-electron chi connectivity index (χ3n) is 4.56. The molecule has 0 atom stereocenters. The molecule has 0 saturated carbocycles. The van der Waals surface area contributed by atoms with Crippen molar-refractivity contribution in [3.63, 3.8) is 0 Å². The lowest BCUT2D eigenvalue weighted by Crippen LogP contribution is -2.41. The highest BCUT2D eigenvalue weighted by Crippen LogP contribution is 2.18. The van der Waals surface area contributed by atoms with E-state index in [2.05, 4.69) is 15.8 Å². The molecule has 160 valence electrons. The van der Waals surface area contributed by atoms with Crippen molar-refractivity contribution in [1.29, 1.82) is 0 Å². The molecule has 0 aliphatic carbocycles. The highest BCUT2D eigenvalue weighted by atomic mass is 16.5. The number of carbonyl (C=O) groups excluding carboxylic acids is 3. The Hall–Kier alpha value is -3.78. The van der Waals surface area contributed by atoms with Crippen LogP contribution in [-0.2, 0) is 14.3 Å². The summed E-state index contributed by atoms with van der Waals surface area (Å²) in [6, 6.07) is 16.2. The molecular weight excluding hydrogens is 396 g/mol. The van der Waals surface area contributed by atoms with Gasteiger partial charge < -0.3 is 15.0 Å². The molecule has 1 aliphatic heterocycles. The average molecular weight is 420 g/mol. The number of morpholine rings is 1. The zero-order chi connectivity index (χ0) is 22.1. The van der Waals surface area contributed by atoms with Crippen molar-refractivity contribution >= 4 is 35.2 Å². The summed E-state index contributed by atoms with van der Waals surface area (Å²) in [5, 5.41) is 6.41. The Labute approximate surface area is 180 Å². The van der Waals surface area contributed by atoms with Crippen LogP contribution in [0.1, 0.15) is 22.8 Å². The molecule has 1 heterocycles. The number of amides is 3. The number of hydrazone groups is 1. The first-order chi connectivity index (χ1) is 15.0. The van der Waals surface area contributed by atoms with E-state index in [1.165, 1.54) is 0 Å². The maximum atomic E-state index is 12.8. The minimum absolute atomic E-state index is 0.223. The number of allylic oxidation sites excluding steroid dienone is 1. The van der Waals surface area contributed by atoms with Gasteiger partial charge in [-0.15, -0.1) is 0 Å². The molecular formula is C23H24N4O4. The predicted molar refractivity (Wildman–Crippen MR) is 119 cm³/mol. The number of para-hydroxylation sites is 1. The Balaban J connectivity index is 1.60. The van der Waals surface area contributed by atoms with Crippen LogP contribution in [0.3, 0.4) is 0 Å². The van der Waals surface area contributed by atoms with Crippen LogP contribution in [0.25, 0.3) is 6.08 Å². The quantitative estimate of drug-likeness (QED) is 0.440. The third kappa shape index (κ3) is 6.35. The number of benzene rings is 2. The summed E-state index contributed by atoms with van der Waals surface area (Å²) in [7, 11) is 0. The molecule has 0 unspecified atom stereocenters. The van der Waals surface area contributed by atoms with Crippen LogP contribution < -0.4 is 10.7 Å². The van der Waals surface area contributed by atoms with E-state index < -0.39 is 11.8 Å². The van der Waals surface area contributed by atoms with E-state index in [0.29, 0.717) is 37.6 Å². The van der Waals surface area contributed by atoms with Gasteiger partial charge in [-0.3, -0.25) is 14.4 Å². The molecule has 1 fully saturated rings. The van der Waals surface area contributed by atoms with Gasteiger partial charge in [0.15, 0.2) is 0 Å². The van der Waals surface area contributed by atoms with Gasteiger partial charge in [0.2, 0.25) is 0 Å². The molecule has 0 aromatic heterocycles. The van der Waals surface area contributed by atoms with Gasteiger partial charge in [0, 0.05) is 13.1 Å². The second-order valence-electron chi connectivity index (χ2n) is 6.84. The summed E-state index contributed by atoms with van der Waals surface area (Å²) in [4.78, 5) is 38.9. The van der Waals surface area contributed by atoms with Gasteiger partial charge in [0.1, 0.15) is 0 Å². The fourth-order valence-corrected chi connectivity index (χ4v) is 2.90. The first-order valence-corrected chi connectivity index (χ1v) is 9.89. The third-order valence-corrected chi connectivity index (χ3v) is 4.56. The molecule has 3 amide bonds. The monoisotopic (exact) mass is 420 g/mol. The van der Waals surface area contributed by atoms with Crippen LogP contribution in [-0.4, -0.2) is 54.6 Å². The molecule has 1 saturated heterocycles. The Kier molecular flexibility index (Phi) is 7.67. The molecule has 2 aromatic rings. The van der Waals surface area contributed by atoms with Gasteiger partial charge in [-0.05, 0) is 30.7 Å². The first-order valence-electron chi connectivity index (χ1n) is 9.89. The summed E-state index contributed by atoms with van der Waals surface area (Å²) in [6.07, 6.45) is 3.57. The Morgan fingerprint density at radius 3 is 2.39 bits per heavy atom. The summed E-state index contributed by atoms with van der Waals surface area (Å²) >= 11 is 0. The van der Waals surface area contributed by atoms with Crippen molar-refractivity contribution in [3.05, 3.63) is 71.8 Å². The Morgan fingerprint density at radius 2 is 1.65 bits per heavy atom. The predicted octanol–water partition coefficient (Wildman–Crippen LogP) is 2.30.